The van der Waals surface area contributed by atoms with E-state index in [0.717, 1.165) is 23.4 Å². The van der Waals surface area contributed by atoms with Gasteiger partial charge in [0.25, 0.3) is 0 Å². The van der Waals surface area contributed by atoms with Crippen LogP contribution in [0.2, 0.25) is 0 Å². The minimum Gasteiger partial charge on any atom is -0.462 e. The average Bonchev–Trinajstić information content (AvgIpc) is 3.12. The number of nitrogens with one attached hydrogen (secondary N) is 1. The highest BCUT2D eigenvalue weighted by Crippen LogP contribution is 2.35. The summed E-state index contributed by atoms with van der Waals surface area (Å²) < 4.78 is 5.12. The molecule has 0 saturated heterocycles. The normalized spacial score (nSPS) is 15.3. The highest BCUT2D eigenvalue weighted by Gasteiger charge is 2.29. The van der Waals surface area contributed by atoms with Crippen LogP contribution in [-0.4, -0.2) is 36.9 Å². The van der Waals surface area contributed by atoms with Gasteiger partial charge in [-0.3, -0.25) is 9.59 Å². The number of carbonyl (C=O) groups is 3. The zero-order valence-electron chi connectivity index (χ0n) is 16.5. The monoisotopic (exact) mass is 400 g/mol. The first-order chi connectivity index (χ1) is 13.3. The molecular weight excluding hydrogens is 376 g/mol. The first-order valence-corrected chi connectivity index (χ1v) is 10.1. The Morgan fingerprint density at radius 1 is 1.29 bits per heavy atom. The summed E-state index contributed by atoms with van der Waals surface area (Å²) in [7, 11) is 0. The van der Waals surface area contributed by atoms with Crippen molar-refractivity contribution in [3.05, 3.63) is 45.8 Å². The van der Waals surface area contributed by atoms with Crippen molar-refractivity contribution in [1.82, 2.24) is 0 Å². The van der Waals surface area contributed by atoms with E-state index < -0.39 is 5.97 Å². The van der Waals surface area contributed by atoms with E-state index in [1.807, 2.05) is 18.2 Å². The molecule has 148 valence electrons. The number of hydrogen-bond donors (Lipinski definition) is 1. The third kappa shape index (κ3) is 3.80. The molecule has 0 saturated carbocycles. The van der Waals surface area contributed by atoms with Crippen LogP contribution in [0.3, 0.4) is 0 Å². The van der Waals surface area contributed by atoms with Crippen LogP contribution in [0.25, 0.3) is 0 Å². The van der Waals surface area contributed by atoms with Crippen molar-refractivity contribution in [2.24, 2.45) is 0 Å². The predicted molar refractivity (Wildman–Crippen MR) is 111 cm³/mol. The van der Waals surface area contributed by atoms with Crippen molar-refractivity contribution >= 4 is 39.7 Å². The summed E-state index contributed by atoms with van der Waals surface area (Å²) in [6, 6.07) is 8.26. The van der Waals surface area contributed by atoms with E-state index in [9.17, 15) is 14.4 Å². The van der Waals surface area contributed by atoms with Gasteiger partial charge in [-0.2, -0.15) is 0 Å². The fraction of sp³-hybridized carbons (Fsp3) is 0.381. The molecule has 2 heterocycles. The van der Waals surface area contributed by atoms with Crippen LogP contribution in [-0.2, 0) is 16.0 Å². The number of carbonyl (C=O) groups excluding carboxylic acids is 3. The number of rotatable bonds is 6. The van der Waals surface area contributed by atoms with Gasteiger partial charge in [0.05, 0.1) is 23.6 Å². The minimum atomic E-state index is -0.529. The molecule has 1 amide bonds. The first-order valence-electron chi connectivity index (χ1n) is 9.29. The van der Waals surface area contributed by atoms with Crippen molar-refractivity contribution in [3.63, 3.8) is 0 Å². The third-order valence-corrected chi connectivity index (χ3v) is 6.17. The Labute approximate surface area is 168 Å². The van der Waals surface area contributed by atoms with Crippen molar-refractivity contribution in [2.75, 3.05) is 23.4 Å². The number of Topliss-reactive ketones (excluding diaryl/α,β-unsaturated/α-hetero) is 1. The molecule has 1 atom stereocenters. The Morgan fingerprint density at radius 3 is 2.68 bits per heavy atom. The second-order valence-electron chi connectivity index (χ2n) is 6.89. The lowest BCUT2D eigenvalue weighted by Crippen LogP contribution is -2.37. The lowest BCUT2D eigenvalue weighted by Gasteiger charge is -2.24. The Bertz CT molecular complexity index is 934. The number of fused-ring (bicyclic) bond motifs is 1. The molecule has 6 nitrogen and oxygen atoms in total. The summed E-state index contributed by atoms with van der Waals surface area (Å²) in [6.45, 7) is 7.35. The predicted octanol–water partition coefficient (Wildman–Crippen LogP) is 3.83. The minimum absolute atomic E-state index is 0.143. The van der Waals surface area contributed by atoms with Gasteiger partial charge in [-0.05, 0) is 51.3 Å². The number of ether oxygens (including phenoxy) is 1. The standard InChI is InChI=1S/C21H24N2O4S/c1-5-27-21(26)18-13(3)19(14(4)24)28-20(18)22-17(25)11-23-12(2)10-15-8-6-7-9-16(15)23/h6-9,12H,5,10-11H2,1-4H3,(H,22,25)/t12-/m1/s1. The lowest BCUT2D eigenvalue weighted by atomic mass is 10.1. The van der Waals surface area contributed by atoms with Crippen LogP contribution in [0.1, 0.15) is 51.9 Å². The number of ketones is 1. The smallest absolute Gasteiger partial charge is 0.341 e. The summed E-state index contributed by atoms with van der Waals surface area (Å²) in [5.74, 6) is -0.903. The Balaban J connectivity index is 1.83. The van der Waals surface area contributed by atoms with Gasteiger partial charge < -0.3 is 15.0 Å². The summed E-state index contributed by atoms with van der Waals surface area (Å²) >= 11 is 1.12. The summed E-state index contributed by atoms with van der Waals surface area (Å²) in [5.41, 5.74) is 3.09. The van der Waals surface area contributed by atoms with E-state index in [1.54, 1.807) is 13.8 Å². The molecule has 0 fully saturated rings. The number of amides is 1. The topological polar surface area (TPSA) is 75.7 Å². The van der Waals surface area contributed by atoms with Crippen LogP contribution in [0.4, 0.5) is 10.7 Å². The van der Waals surface area contributed by atoms with Crippen molar-refractivity contribution in [3.8, 4) is 0 Å². The molecule has 0 unspecified atom stereocenters. The third-order valence-electron chi connectivity index (χ3n) is 4.86. The SMILES string of the molecule is CCOC(=O)c1c(NC(=O)CN2c3ccccc3C[C@H]2C)sc(C(C)=O)c1C. The molecule has 3 rings (SSSR count). The molecule has 7 heteroatoms. The van der Waals surface area contributed by atoms with Gasteiger partial charge in [-0.1, -0.05) is 18.2 Å². The molecule has 0 spiro atoms. The molecule has 2 aromatic rings. The van der Waals surface area contributed by atoms with Gasteiger partial charge in [0.15, 0.2) is 5.78 Å². The van der Waals surface area contributed by atoms with Gasteiger partial charge in [0.2, 0.25) is 5.91 Å². The highest BCUT2D eigenvalue weighted by molar-refractivity contribution is 7.18. The molecule has 1 aromatic carbocycles. The Hall–Kier alpha value is -2.67. The van der Waals surface area contributed by atoms with Crippen LogP contribution in [0.15, 0.2) is 24.3 Å². The zero-order chi connectivity index (χ0) is 20.4. The summed E-state index contributed by atoms with van der Waals surface area (Å²) in [6.07, 6.45) is 0.893. The summed E-state index contributed by atoms with van der Waals surface area (Å²) in [5, 5.41) is 3.20. The number of nitrogens with zero attached hydrogens (tertiary/aromatic N) is 1. The van der Waals surface area contributed by atoms with Crippen molar-refractivity contribution in [2.45, 2.75) is 40.2 Å². The molecule has 0 aliphatic carbocycles. The second-order valence-corrected chi connectivity index (χ2v) is 7.92. The molecule has 1 aromatic heterocycles. The number of esters is 1. The number of anilines is 2. The van der Waals surface area contributed by atoms with Gasteiger partial charge in [0, 0.05) is 11.7 Å². The number of para-hydroxylation sites is 1. The molecule has 0 bridgehead atoms. The Morgan fingerprint density at radius 2 is 2.00 bits per heavy atom. The van der Waals surface area contributed by atoms with E-state index in [1.165, 1.54) is 12.5 Å². The van der Waals surface area contributed by atoms with Crippen LogP contribution < -0.4 is 10.2 Å². The van der Waals surface area contributed by atoms with Crippen molar-refractivity contribution < 1.29 is 19.1 Å². The van der Waals surface area contributed by atoms with Crippen LogP contribution >= 0.6 is 11.3 Å². The molecule has 1 aliphatic heterocycles. The molecule has 0 radical (unpaired) electrons. The van der Waals surface area contributed by atoms with E-state index in [2.05, 4.69) is 23.2 Å². The zero-order valence-corrected chi connectivity index (χ0v) is 17.3. The van der Waals surface area contributed by atoms with Gasteiger partial charge in [-0.25, -0.2) is 4.79 Å². The number of thiophene rings is 1. The van der Waals surface area contributed by atoms with E-state index >= 15 is 0 Å². The average molecular weight is 401 g/mol. The number of benzene rings is 1. The van der Waals surface area contributed by atoms with Gasteiger partial charge in [-0.15, -0.1) is 11.3 Å². The van der Waals surface area contributed by atoms with E-state index in [-0.39, 0.29) is 36.4 Å². The van der Waals surface area contributed by atoms with Gasteiger partial charge >= 0.3 is 5.97 Å². The Kier molecular flexibility index (Phi) is 5.84. The molecule has 28 heavy (non-hydrogen) atoms. The largest absolute Gasteiger partial charge is 0.462 e. The fourth-order valence-corrected chi connectivity index (χ4v) is 4.68. The van der Waals surface area contributed by atoms with E-state index in [4.69, 9.17) is 4.74 Å². The summed E-state index contributed by atoms with van der Waals surface area (Å²) in [4.78, 5) is 39.5. The van der Waals surface area contributed by atoms with Crippen LogP contribution in [0, 0.1) is 6.92 Å². The van der Waals surface area contributed by atoms with Crippen LogP contribution in [0.5, 0.6) is 0 Å². The number of hydrogen-bond acceptors (Lipinski definition) is 6. The first kappa shape index (κ1) is 20.1. The van der Waals surface area contributed by atoms with Crippen molar-refractivity contribution in [1.29, 1.82) is 0 Å². The maximum atomic E-state index is 12.8. The lowest BCUT2D eigenvalue weighted by molar-refractivity contribution is -0.115. The van der Waals surface area contributed by atoms with E-state index in [0.29, 0.717) is 15.4 Å². The van der Waals surface area contributed by atoms with Gasteiger partial charge in [0.1, 0.15) is 5.00 Å². The second kappa shape index (κ2) is 8.14. The fourth-order valence-electron chi connectivity index (χ4n) is 3.58. The highest BCUT2D eigenvalue weighted by atomic mass is 32.1. The quantitative estimate of drug-likeness (QED) is 0.589. The molecular formula is C21H24N2O4S. The maximum absolute atomic E-state index is 12.8. The maximum Gasteiger partial charge on any atom is 0.341 e. The molecule has 1 aliphatic rings. The molecule has 1 N–H and O–H groups in total.